The molecule has 3 rings (SSSR count). The molecule has 2 heterocycles. The van der Waals surface area contributed by atoms with Crippen LogP contribution in [0.25, 0.3) is 0 Å². The van der Waals surface area contributed by atoms with Gasteiger partial charge < -0.3 is 19.7 Å². The van der Waals surface area contributed by atoms with Gasteiger partial charge in [0.15, 0.2) is 5.13 Å². The number of rotatable bonds is 5. The van der Waals surface area contributed by atoms with Crippen LogP contribution in [0.15, 0.2) is 23.6 Å². The molecule has 1 fully saturated rings. The van der Waals surface area contributed by atoms with Crippen molar-refractivity contribution in [3.05, 3.63) is 29.3 Å². The Morgan fingerprint density at radius 2 is 2.16 bits per heavy atom. The molecule has 132 valence electrons. The molecule has 1 N–H and O–H groups in total. The summed E-state index contributed by atoms with van der Waals surface area (Å²) in [4.78, 5) is 30.6. The number of hydrogen-bond donors (Lipinski definition) is 1. The highest BCUT2D eigenvalue weighted by Gasteiger charge is 2.36. The molecule has 2 amide bonds. The molecule has 1 aliphatic heterocycles. The lowest BCUT2D eigenvalue weighted by Crippen LogP contribution is -2.28. The van der Waals surface area contributed by atoms with E-state index in [4.69, 9.17) is 9.47 Å². The van der Waals surface area contributed by atoms with Crippen LogP contribution in [-0.2, 0) is 9.59 Å². The summed E-state index contributed by atoms with van der Waals surface area (Å²) in [6, 6.07) is 5.24. The standard InChI is InChI=1S/C17H19N3O4S/c1-10-9-25-17(18-10)19-16(22)11-6-15(21)20(8-11)13-5-4-12(23-2)7-14(13)24-3/h4-5,7,9,11H,6,8H2,1-3H3,(H,18,19,22)/t11-/m1/s1. The number of ether oxygens (including phenoxy) is 2. The molecule has 0 saturated carbocycles. The molecule has 8 heteroatoms. The van der Waals surface area contributed by atoms with Gasteiger partial charge >= 0.3 is 0 Å². The molecule has 1 aromatic carbocycles. The van der Waals surface area contributed by atoms with E-state index in [0.29, 0.717) is 28.9 Å². The number of hydrogen-bond acceptors (Lipinski definition) is 6. The molecule has 25 heavy (non-hydrogen) atoms. The Hall–Kier alpha value is -2.61. The lowest BCUT2D eigenvalue weighted by Gasteiger charge is -2.20. The van der Waals surface area contributed by atoms with Gasteiger partial charge in [0.25, 0.3) is 0 Å². The van der Waals surface area contributed by atoms with Crippen molar-refractivity contribution in [2.45, 2.75) is 13.3 Å². The lowest BCUT2D eigenvalue weighted by atomic mass is 10.1. The number of methoxy groups -OCH3 is 2. The number of nitrogens with zero attached hydrogens (tertiary/aromatic N) is 2. The van der Waals surface area contributed by atoms with E-state index in [1.165, 1.54) is 18.4 Å². The van der Waals surface area contributed by atoms with Crippen LogP contribution < -0.4 is 19.7 Å². The van der Waals surface area contributed by atoms with Gasteiger partial charge in [0.05, 0.1) is 31.5 Å². The number of aryl methyl sites for hydroxylation is 1. The number of nitrogens with one attached hydrogen (secondary N) is 1. The third-order valence-corrected chi connectivity index (χ3v) is 4.90. The molecule has 0 unspecified atom stereocenters. The first-order chi connectivity index (χ1) is 12.0. The van der Waals surface area contributed by atoms with E-state index in [-0.39, 0.29) is 18.2 Å². The van der Waals surface area contributed by atoms with E-state index in [2.05, 4.69) is 10.3 Å². The first-order valence-corrected chi connectivity index (χ1v) is 8.65. The highest BCUT2D eigenvalue weighted by Crippen LogP contribution is 2.36. The third-order valence-electron chi connectivity index (χ3n) is 4.02. The van der Waals surface area contributed by atoms with Crippen LogP contribution in [0, 0.1) is 12.8 Å². The van der Waals surface area contributed by atoms with Crippen molar-refractivity contribution < 1.29 is 19.1 Å². The van der Waals surface area contributed by atoms with E-state index in [9.17, 15) is 9.59 Å². The van der Waals surface area contributed by atoms with Gasteiger partial charge in [-0.3, -0.25) is 9.59 Å². The maximum atomic E-state index is 12.4. The molecular weight excluding hydrogens is 342 g/mol. The summed E-state index contributed by atoms with van der Waals surface area (Å²) in [5, 5.41) is 5.20. The average Bonchev–Trinajstić information content (AvgIpc) is 3.19. The minimum atomic E-state index is -0.427. The SMILES string of the molecule is COc1ccc(N2C[C@H](C(=O)Nc3nc(C)cs3)CC2=O)c(OC)c1. The van der Waals surface area contributed by atoms with Crippen molar-refractivity contribution in [1.29, 1.82) is 0 Å². The van der Waals surface area contributed by atoms with Crippen molar-refractivity contribution >= 4 is 34.0 Å². The predicted molar refractivity (Wildman–Crippen MR) is 95.5 cm³/mol. The van der Waals surface area contributed by atoms with Gasteiger partial charge in [-0.25, -0.2) is 4.98 Å². The van der Waals surface area contributed by atoms with Gasteiger partial charge in [0, 0.05) is 24.4 Å². The average molecular weight is 361 g/mol. The van der Waals surface area contributed by atoms with Crippen LogP contribution >= 0.6 is 11.3 Å². The number of amides is 2. The Morgan fingerprint density at radius 3 is 2.80 bits per heavy atom. The molecule has 0 aliphatic carbocycles. The van der Waals surface area contributed by atoms with Crippen LogP contribution in [0.1, 0.15) is 12.1 Å². The van der Waals surface area contributed by atoms with Crippen LogP contribution in [0.5, 0.6) is 11.5 Å². The van der Waals surface area contributed by atoms with E-state index in [1.807, 2.05) is 12.3 Å². The molecule has 0 spiro atoms. The van der Waals surface area contributed by atoms with Gasteiger partial charge in [0.1, 0.15) is 11.5 Å². The minimum absolute atomic E-state index is 0.112. The van der Waals surface area contributed by atoms with Crippen molar-refractivity contribution in [3.63, 3.8) is 0 Å². The summed E-state index contributed by atoms with van der Waals surface area (Å²) in [5.74, 6) is 0.435. The zero-order valence-corrected chi connectivity index (χ0v) is 15.1. The van der Waals surface area contributed by atoms with Crippen molar-refractivity contribution in [1.82, 2.24) is 4.98 Å². The van der Waals surface area contributed by atoms with Crippen LogP contribution in [0.2, 0.25) is 0 Å². The summed E-state index contributed by atoms with van der Waals surface area (Å²) < 4.78 is 10.5. The maximum absolute atomic E-state index is 12.4. The molecule has 7 nitrogen and oxygen atoms in total. The van der Waals surface area contributed by atoms with E-state index in [0.717, 1.165) is 5.69 Å². The number of benzene rings is 1. The van der Waals surface area contributed by atoms with E-state index in [1.54, 1.807) is 30.2 Å². The fourth-order valence-corrected chi connectivity index (χ4v) is 3.43. The van der Waals surface area contributed by atoms with Gasteiger partial charge in [0.2, 0.25) is 11.8 Å². The van der Waals surface area contributed by atoms with Crippen molar-refractivity contribution in [2.75, 3.05) is 31.0 Å². The number of aromatic nitrogens is 1. The Bertz CT molecular complexity index is 805. The largest absolute Gasteiger partial charge is 0.497 e. The Balaban J connectivity index is 1.75. The first-order valence-electron chi connectivity index (χ1n) is 7.77. The number of carbonyl (C=O) groups is 2. The smallest absolute Gasteiger partial charge is 0.231 e. The summed E-state index contributed by atoms with van der Waals surface area (Å²) in [6.45, 7) is 2.17. The zero-order chi connectivity index (χ0) is 18.0. The Kier molecular flexibility index (Phi) is 4.89. The highest BCUT2D eigenvalue weighted by atomic mass is 32.1. The van der Waals surface area contributed by atoms with Gasteiger partial charge in [-0.1, -0.05) is 0 Å². The predicted octanol–water partition coefficient (Wildman–Crippen LogP) is 2.46. The summed E-state index contributed by atoms with van der Waals surface area (Å²) in [5.41, 5.74) is 1.49. The van der Waals surface area contributed by atoms with Gasteiger partial charge in [-0.05, 0) is 19.1 Å². The second-order valence-electron chi connectivity index (χ2n) is 5.73. The fourth-order valence-electron chi connectivity index (χ4n) is 2.74. The third kappa shape index (κ3) is 3.58. The molecule has 1 aromatic heterocycles. The van der Waals surface area contributed by atoms with E-state index >= 15 is 0 Å². The number of carbonyl (C=O) groups excluding carboxylic acids is 2. The molecule has 1 atom stereocenters. The molecule has 0 bridgehead atoms. The first kappa shape index (κ1) is 17.2. The lowest BCUT2D eigenvalue weighted by molar-refractivity contribution is -0.122. The Morgan fingerprint density at radius 1 is 1.36 bits per heavy atom. The Labute approximate surface area is 149 Å². The van der Waals surface area contributed by atoms with Crippen LogP contribution in [0.3, 0.4) is 0 Å². The number of anilines is 2. The normalized spacial score (nSPS) is 16.8. The van der Waals surface area contributed by atoms with Crippen LogP contribution in [-0.4, -0.2) is 37.6 Å². The second-order valence-corrected chi connectivity index (χ2v) is 6.58. The molecular formula is C17H19N3O4S. The summed E-state index contributed by atoms with van der Waals surface area (Å²) >= 11 is 1.37. The minimum Gasteiger partial charge on any atom is -0.497 e. The monoisotopic (exact) mass is 361 g/mol. The number of thiazole rings is 1. The van der Waals surface area contributed by atoms with Gasteiger partial charge in [-0.15, -0.1) is 11.3 Å². The zero-order valence-electron chi connectivity index (χ0n) is 14.2. The van der Waals surface area contributed by atoms with Crippen LogP contribution in [0.4, 0.5) is 10.8 Å². The second kappa shape index (κ2) is 7.10. The maximum Gasteiger partial charge on any atom is 0.231 e. The molecule has 0 radical (unpaired) electrons. The fraction of sp³-hybridized carbons (Fsp3) is 0.353. The molecule has 1 saturated heterocycles. The molecule has 1 aliphatic rings. The quantitative estimate of drug-likeness (QED) is 0.885. The molecule has 2 aromatic rings. The highest BCUT2D eigenvalue weighted by molar-refractivity contribution is 7.13. The van der Waals surface area contributed by atoms with E-state index < -0.39 is 5.92 Å². The summed E-state index contributed by atoms with van der Waals surface area (Å²) in [6.07, 6.45) is 0.158. The van der Waals surface area contributed by atoms with Crippen molar-refractivity contribution in [3.8, 4) is 11.5 Å². The topological polar surface area (TPSA) is 80.8 Å². The van der Waals surface area contributed by atoms with Gasteiger partial charge in [-0.2, -0.15) is 0 Å². The summed E-state index contributed by atoms with van der Waals surface area (Å²) in [7, 11) is 3.10. The van der Waals surface area contributed by atoms with Crippen molar-refractivity contribution in [2.24, 2.45) is 5.92 Å².